The van der Waals surface area contributed by atoms with Crippen LogP contribution in [-0.4, -0.2) is 31.7 Å². The first kappa shape index (κ1) is 12.6. The maximum atomic E-state index is 10.4. The molecule has 1 atom stereocenters. The number of hydrogen-bond acceptors (Lipinski definition) is 3. The number of hydrogen-bond donors (Lipinski definition) is 2. The Bertz CT molecular complexity index is 367. The molecule has 1 heterocycles. The summed E-state index contributed by atoms with van der Waals surface area (Å²) in [5.41, 5.74) is 0.0783. The van der Waals surface area contributed by atoms with E-state index in [1.165, 1.54) is 0 Å². The fourth-order valence-electron chi connectivity index (χ4n) is 2.59. The first-order chi connectivity index (χ1) is 7.99. The van der Waals surface area contributed by atoms with E-state index in [1.807, 2.05) is 13.2 Å². The first-order valence-corrected chi connectivity index (χ1v) is 6.37. The number of aliphatic hydroxyl groups excluding tert-OH is 1. The molecule has 1 aromatic heterocycles. The third-order valence-electron chi connectivity index (χ3n) is 3.95. The van der Waals surface area contributed by atoms with Crippen LogP contribution in [0.1, 0.15) is 38.2 Å². The Morgan fingerprint density at radius 2 is 2.18 bits per heavy atom. The van der Waals surface area contributed by atoms with Gasteiger partial charge in [-0.1, -0.05) is 6.92 Å². The van der Waals surface area contributed by atoms with Crippen LogP contribution in [0.4, 0.5) is 0 Å². The van der Waals surface area contributed by atoms with Gasteiger partial charge in [-0.15, -0.1) is 0 Å². The van der Waals surface area contributed by atoms with E-state index < -0.39 is 11.7 Å². The summed E-state index contributed by atoms with van der Waals surface area (Å²) >= 11 is 0. The second-order valence-electron chi connectivity index (χ2n) is 5.53. The van der Waals surface area contributed by atoms with Crippen molar-refractivity contribution in [3.05, 3.63) is 18.0 Å². The molecule has 0 spiro atoms. The van der Waals surface area contributed by atoms with Crippen LogP contribution in [0.15, 0.2) is 12.4 Å². The van der Waals surface area contributed by atoms with Crippen molar-refractivity contribution < 1.29 is 10.2 Å². The minimum absolute atomic E-state index is 0.485. The molecule has 2 N–H and O–H groups in total. The summed E-state index contributed by atoms with van der Waals surface area (Å²) in [6.07, 6.45) is 6.85. The maximum Gasteiger partial charge on any atom is 0.0909 e. The van der Waals surface area contributed by atoms with Crippen LogP contribution in [0, 0.1) is 5.92 Å². The summed E-state index contributed by atoms with van der Waals surface area (Å²) in [5, 5.41) is 24.7. The fraction of sp³-hybridized carbons (Fsp3) is 0.769. The van der Waals surface area contributed by atoms with E-state index in [9.17, 15) is 10.2 Å². The molecular formula is C13H22N2O2. The highest BCUT2D eigenvalue weighted by molar-refractivity contribution is 5.08. The molecule has 17 heavy (non-hydrogen) atoms. The Morgan fingerprint density at radius 1 is 1.53 bits per heavy atom. The number of aromatic nitrogens is 2. The average molecular weight is 238 g/mol. The number of aliphatic hydroxyl groups is 2. The second kappa shape index (κ2) is 4.78. The number of nitrogens with zero attached hydrogens (tertiary/aromatic N) is 2. The first-order valence-electron chi connectivity index (χ1n) is 6.37. The molecule has 0 aromatic carbocycles. The normalized spacial score (nSPS) is 31.4. The van der Waals surface area contributed by atoms with E-state index in [4.69, 9.17) is 0 Å². The van der Waals surface area contributed by atoms with Gasteiger partial charge in [0.15, 0.2) is 0 Å². The van der Waals surface area contributed by atoms with Crippen LogP contribution in [0.25, 0.3) is 0 Å². The lowest BCUT2D eigenvalue weighted by Gasteiger charge is -2.38. The van der Waals surface area contributed by atoms with Crippen molar-refractivity contribution in [1.82, 2.24) is 9.78 Å². The number of rotatable bonds is 3. The Labute approximate surface area is 102 Å². The van der Waals surface area contributed by atoms with Crippen molar-refractivity contribution >= 4 is 0 Å². The van der Waals surface area contributed by atoms with Crippen molar-refractivity contribution in [3.63, 3.8) is 0 Å². The van der Waals surface area contributed by atoms with E-state index in [0.717, 1.165) is 18.4 Å². The predicted octanol–water partition coefficient (Wildman–Crippen LogP) is 1.26. The molecule has 1 aromatic rings. The zero-order valence-electron chi connectivity index (χ0n) is 10.6. The smallest absolute Gasteiger partial charge is 0.0909 e. The summed E-state index contributed by atoms with van der Waals surface area (Å²) < 4.78 is 1.72. The van der Waals surface area contributed by atoms with Gasteiger partial charge in [0.05, 0.1) is 17.9 Å². The van der Waals surface area contributed by atoms with E-state index in [0.29, 0.717) is 25.2 Å². The van der Waals surface area contributed by atoms with Crippen molar-refractivity contribution in [2.24, 2.45) is 13.0 Å². The predicted molar refractivity (Wildman–Crippen MR) is 65.5 cm³/mol. The molecule has 4 nitrogen and oxygen atoms in total. The lowest BCUT2D eigenvalue weighted by Crippen LogP contribution is -2.46. The van der Waals surface area contributed by atoms with Crippen molar-refractivity contribution in [3.8, 4) is 0 Å². The van der Waals surface area contributed by atoms with Gasteiger partial charge >= 0.3 is 0 Å². The third kappa shape index (κ3) is 2.87. The SMILES string of the molecule is CC1CCC(O)(C(O)Cc2cnn(C)c2)CC1. The monoisotopic (exact) mass is 238 g/mol. The van der Waals surface area contributed by atoms with E-state index in [2.05, 4.69) is 12.0 Å². The zero-order chi connectivity index (χ0) is 12.5. The Kier molecular flexibility index (Phi) is 3.54. The van der Waals surface area contributed by atoms with Crippen LogP contribution in [0.2, 0.25) is 0 Å². The van der Waals surface area contributed by atoms with Crippen LogP contribution in [-0.2, 0) is 13.5 Å². The molecule has 0 amide bonds. The topological polar surface area (TPSA) is 58.3 Å². The summed E-state index contributed by atoms with van der Waals surface area (Å²) in [6.45, 7) is 2.20. The molecule has 0 aliphatic heterocycles. The van der Waals surface area contributed by atoms with E-state index >= 15 is 0 Å². The molecule has 1 fully saturated rings. The summed E-state index contributed by atoms with van der Waals surface area (Å²) in [4.78, 5) is 0. The largest absolute Gasteiger partial charge is 0.390 e. The lowest BCUT2D eigenvalue weighted by molar-refractivity contribution is -0.102. The summed E-state index contributed by atoms with van der Waals surface area (Å²) in [6, 6.07) is 0. The van der Waals surface area contributed by atoms with Gasteiger partial charge in [-0.25, -0.2) is 0 Å². The molecule has 96 valence electrons. The van der Waals surface area contributed by atoms with Gasteiger partial charge < -0.3 is 10.2 Å². The molecule has 1 aliphatic carbocycles. The summed E-state index contributed by atoms with van der Waals surface area (Å²) in [7, 11) is 1.85. The minimum atomic E-state index is -0.900. The molecule has 0 bridgehead atoms. The minimum Gasteiger partial charge on any atom is -0.390 e. The van der Waals surface area contributed by atoms with Crippen molar-refractivity contribution in [1.29, 1.82) is 0 Å². The Hall–Kier alpha value is -0.870. The van der Waals surface area contributed by atoms with Crippen LogP contribution in [0.3, 0.4) is 0 Å². The second-order valence-corrected chi connectivity index (χ2v) is 5.53. The molecule has 1 saturated carbocycles. The van der Waals surface area contributed by atoms with E-state index in [-0.39, 0.29) is 0 Å². The van der Waals surface area contributed by atoms with Crippen LogP contribution >= 0.6 is 0 Å². The molecule has 2 rings (SSSR count). The average Bonchev–Trinajstić information content (AvgIpc) is 2.68. The van der Waals surface area contributed by atoms with Crippen molar-refractivity contribution in [2.45, 2.75) is 50.7 Å². The zero-order valence-corrected chi connectivity index (χ0v) is 10.6. The lowest BCUT2D eigenvalue weighted by atomic mass is 9.75. The van der Waals surface area contributed by atoms with Gasteiger partial charge in [-0.05, 0) is 37.2 Å². The molecule has 4 heteroatoms. The van der Waals surface area contributed by atoms with Gasteiger partial charge in [-0.2, -0.15) is 5.10 Å². The molecule has 0 radical (unpaired) electrons. The molecule has 0 saturated heterocycles. The van der Waals surface area contributed by atoms with Crippen LogP contribution < -0.4 is 0 Å². The van der Waals surface area contributed by atoms with Crippen molar-refractivity contribution in [2.75, 3.05) is 0 Å². The Balaban J connectivity index is 1.97. The Morgan fingerprint density at radius 3 is 2.71 bits per heavy atom. The van der Waals surface area contributed by atoms with Gasteiger partial charge in [-0.3, -0.25) is 4.68 Å². The molecule has 1 aliphatic rings. The highest BCUT2D eigenvalue weighted by Crippen LogP contribution is 2.35. The van der Waals surface area contributed by atoms with Gasteiger partial charge in [0.1, 0.15) is 0 Å². The van der Waals surface area contributed by atoms with Gasteiger partial charge in [0.2, 0.25) is 0 Å². The standard InChI is InChI=1S/C13H22N2O2/c1-10-3-5-13(17,6-4-10)12(16)7-11-8-14-15(2)9-11/h8-10,12,16-17H,3-7H2,1-2H3. The molecular weight excluding hydrogens is 216 g/mol. The number of aryl methyl sites for hydroxylation is 1. The third-order valence-corrected chi connectivity index (χ3v) is 3.95. The highest BCUT2D eigenvalue weighted by Gasteiger charge is 2.38. The molecule has 1 unspecified atom stereocenters. The highest BCUT2D eigenvalue weighted by atomic mass is 16.3. The quantitative estimate of drug-likeness (QED) is 0.833. The van der Waals surface area contributed by atoms with Gasteiger partial charge in [0.25, 0.3) is 0 Å². The maximum absolute atomic E-state index is 10.4. The fourth-order valence-corrected chi connectivity index (χ4v) is 2.59. The van der Waals surface area contributed by atoms with Gasteiger partial charge in [0, 0.05) is 19.7 Å². The summed E-state index contributed by atoms with van der Waals surface area (Å²) in [5.74, 6) is 0.667. The van der Waals surface area contributed by atoms with Crippen LogP contribution in [0.5, 0.6) is 0 Å². The van der Waals surface area contributed by atoms with E-state index in [1.54, 1.807) is 10.9 Å².